The zero-order valence-electron chi connectivity index (χ0n) is 28.1. The van der Waals surface area contributed by atoms with Gasteiger partial charge in [0.05, 0.1) is 28.2 Å². The third-order valence-electron chi connectivity index (χ3n) is 10.0. The molecular weight excluding hydrogens is 601 g/mol. The molecule has 0 saturated heterocycles. The van der Waals surface area contributed by atoms with E-state index in [9.17, 15) is 0 Å². The first kappa shape index (κ1) is 29.4. The smallest absolute Gasteiger partial charge is 0.147 e. The summed E-state index contributed by atoms with van der Waals surface area (Å²) >= 11 is 0. The molecule has 0 amide bonds. The Kier molecular flexibility index (Phi) is 6.87. The van der Waals surface area contributed by atoms with Crippen LogP contribution in [-0.2, 0) is 0 Å². The Bertz CT molecular complexity index is 2580. The number of aliphatic imine (C=N–C) groups is 1. The summed E-state index contributed by atoms with van der Waals surface area (Å²) in [5.41, 5.74) is 11.1. The van der Waals surface area contributed by atoms with Gasteiger partial charge >= 0.3 is 0 Å². The van der Waals surface area contributed by atoms with E-state index in [2.05, 4.69) is 119 Å². The van der Waals surface area contributed by atoms with E-state index in [0.717, 1.165) is 72.1 Å². The van der Waals surface area contributed by atoms with E-state index in [4.69, 9.17) is 19.1 Å². The molecule has 0 saturated carbocycles. The molecule has 238 valence electrons. The number of hydrogen-bond donors (Lipinski definition) is 0. The van der Waals surface area contributed by atoms with Gasteiger partial charge in [-0.25, -0.2) is 0 Å². The van der Waals surface area contributed by atoms with Gasteiger partial charge in [0.2, 0.25) is 0 Å². The van der Waals surface area contributed by atoms with Gasteiger partial charge in [0.1, 0.15) is 22.7 Å². The van der Waals surface area contributed by atoms with Gasteiger partial charge < -0.3 is 9.15 Å². The maximum absolute atomic E-state index is 6.91. The van der Waals surface area contributed by atoms with Crippen molar-refractivity contribution in [1.29, 1.82) is 0 Å². The van der Waals surface area contributed by atoms with Gasteiger partial charge in [-0.05, 0) is 76.6 Å². The number of ether oxygens (including phenoxy) is 1. The van der Waals surface area contributed by atoms with Crippen molar-refractivity contribution in [3.05, 3.63) is 155 Å². The van der Waals surface area contributed by atoms with Crippen LogP contribution in [0.1, 0.15) is 73.3 Å². The largest absolute Gasteiger partial charge is 0.457 e. The number of fused-ring (bicyclic) bond motifs is 8. The van der Waals surface area contributed by atoms with Crippen LogP contribution in [0.3, 0.4) is 0 Å². The van der Waals surface area contributed by atoms with Crippen molar-refractivity contribution in [2.45, 2.75) is 45.4 Å². The van der Waals surface area contributed by atoms with Crippen molar-refractivity contribution in [3.63, 3.8) is 0 Å². The van der Waals surface area contributed by atoms with Gasteiger partial charge in [-0.3, -0.25) is 9.98 Å². The third-order valence-corrected chi connectivity index (χ3v) is 10.0. The first-order chi connectivity index (χ1) is 24.0. The Morgan fingerprint density at radius 1 is 0.673 bits per heavy atom. The summed E-state index contributed by atoms with van der Waals surface area (Å²) in [6.07, 6.45) is 1.84. The number of benzene rings is 6. The van der Waals surface area contributed by atoms with Crippen molar-refractivity contribution in [1.82, 2.24) is 4.98 Å². The van der Waals surface area contributed by atoms with Gasteiger partial charge in [-0.2, -0.15) is 0 Å². The lowest BCUT2D eigenvalue weighted by Crippen LogP contribution is -2.17. The van der Waals surface area contributed by atoms with Crippen molar-refractivity contribution in [3.8, 4) is 11.5 Å². The molecule has 1 aliphatic rings. The van der Waals surface area contributed by atoms with Crippen LogP contribution in [0.5, 0.6) is 11.5 Å². The molecule has 3 heterocycles. The van der Waals surface area contributed by atoms with Crippen molar-refractivity contribution >= 4 is 55.0 Å². The molecule has 0 N–H and O–H groups in total. The fourth-order valence-electron chi connectivity index (χ4n) is 7.76. The molecule has 1 aliphatic heterocycles. The van der Waals surface area contributed by atoms with E-state index in [1.807, 2.05) is 36.5 Å². The fraction of sp³-hybridized carbons (Fsp3) is 0.156. The number of hydrogen-bond acceptors (Lipinski definition) is 4. The van der Waals surface area contributed by atoms with E-state index >= 15 is 0 Å². The minimum Gasteiger partial charge on any atom is -0.457 e. The Labute approximate surface area is 285 Å². The highest BCUT2D eigenvalue weighted by atomic mass is 16.5. The highest BCUT2D eigenvalue weighted by molar-refractivity contribution is 6.22. The molecule has 1 unspecified atom stereocenters. The topological polar surface area (TPSA) is 47.6 Å². The standard InChI is InChI=1S/C45H36N2O2/c1-26(2)31-17-10-18-32(27(3)4)40(31)42-34-15-5-7-19-37(34)47-44(42)29-12-9-14-30(24-29)48-39-25-36-33(22-21-28-13-11-23-46-43(28)36)45-41(39)35-16-6-8-20-38(35)49-45/h5-27,42H,1-4H3. The maximum Gasteiger partial charge on any atom is 0.147 e. The number of aromatic nitrogens is 1. The second-order valence-corrected chi connectivity index (χ2v) is 13.7. The number of para-hydroxylation sites is 2. The van der Waals surface area contributed by atoms with Gasteiger partial charge in [0, 0.05) is 33.3 Å². The normalized spacial score (nSPS) is 14.4. The average molecular weight is 637 g/mol. The van der Waals surface area contributed by atoms with E-state index in [1.54, 1.807) is 0 Å². The summed E-state index contributed by atoms with van der Waals surface area (Å²) in [4.78, 5) is 10.1. The quantitative estimate of drug-likeness (QED) is 0.171. The van der Waals surface area contributed by atoms with Crippen LogP contribution in [0.4, 0.5) is 5.69 Å². The fourth-order valence-corrected chi connectivity index (χ4v) is 7.76. The number of rotatable bonds is 6. The van der Waals surface area contributed by atoms with Crippen LogP contribution in [-0.4, -0.2) is 10.7 Å². The summed E-state index contributed by atoms with van der Waals surface area (Å²) in [5.74, 6) is 2.26. The molecule has 0 spiro atoms. The molecule has 4 nitrogen and oxygen atoms in total. The Hall–Kier alpha value is -5.74. The lowest BCUT2D eigenvalue weighted by Gasteiger charge is -2.26. The van der Waals surface area contributed by atoms with Crippen molar-refractivity contribution in [2.24, 2.45) is 4.99 Å². The number of nitrogens with zero attached hydrogens (tertiary/aromatic N) is 2. The molecule has 1 atom stereocenters. The minimum atomic E-state index is 0.0186. The Balaban J connectivity index is 1.22. The predicted octanol–water partition coefficient (Wildman–Crippen LogP) is 12.6. The molecule has 8 aromatic rings. The van der Waals surface area contributed by atoms with Gasteiger partial charge in [0.25, 0.3) is 0 Å². The third kappa shape index (κ3) is 4.74. The molecule has 9 rings (SSSR count). The zero-order chi connectivity index (χ0) is 33.2. The van der Waals surface area contributed by atoms with E-state index in [1.165, 1.54) is 22.3 Å². The van der Waals surface area contributed by atoms with E-state index in [-0.39, 0.29) is 5.92 Å². The monoisotopic (exact) mass is 636 g/mol. The van der Waals surface area contributed by atoms with Gasteiger partial charge in [-0.15, -0.1) is 0 Å². The molecule has 0 aliphatic carbocycles. The SMILES string of the molecule is CC(C)c1cccc(C(C)C)c1C1C(c2cccc(Oc3cc4c(ccc5cccnc54)c4oc5ccccc5c34)c2)=Nc2ccccc21. The molecule has 6 aromatic carbocycles. The Morgan fingerprint density at radius 3 is 2.29 bits per heavy atom. The van der Waals surface area contributed by atoms with Crippen LogP contribution >= 0.6 is 0 Å². The second kappa shape index (κ2) is 11.5. The van der Waals surface area contributed by atoms with Crippen LogP contribution in [0, 0.1) is 0 Å². The molecule has 0 fully saturated rings. The molecule has 2 aromatic heterocycles. The summed E-state index contributed by atoms with van der Waals surface area (Å²) in [6, 6.07) is 42.4. The zero-order valence-corrected chi connectivity index (χ0v) is 28.1. The van der Waals surface area contributed by atoms with Crippen molar-refractivity contribution in [2.75, 3.05) is 0 Å². The summed E-state index contributed by atoms with van der Waals surface area (Å²) in [7, 11) is 0. The summed E-state index contributed by atoms with van der Waals surface area (Å²) in [6.45, 7) is 9.16. The lowest BCUT2D eigenvalue weighted by atomic mass is 9.76. The van der Waals surface area contributed by atoms with Gasteiger partial charge in [-0.1, -0.05) is 107 Å². The molecular formula is C45H36N2O2. The van der Waals surface area contributed by atoms with Gasteiger partial charge in [0.15, 0.2) is 0 Å². The highest BCUT2D eigenvalue weighted by Crippen LogP contribution is 2.47. The number of furan rings is 1. The lowest BCUT2D eigenvalue weighted by molar-refractivity contribution is 0.489. The first-order valence-electron chi connectivity index (χ1n) is 17.2. The van der Waals surface area contributed by atoms with Crippen LogP contribution in [0.2, 0.25) is 0 Å². The highest BCUT2D eigenvalue weighted by Gasteiger charge is 2.34. The molecule has 49 heavy (non-hydrogen) atoms. The summed E-state index contributed by atoms with van der Waals surface area (Å²) < 4.78 is 13.4. The molecule has 0 radical (unpaired) electrons. The van der Waals surface area contributed by atoms with E-state index in [0.29, 0.717) is 11.8 Å². The van der Waals surface area contributed by atoms with E-state index < -0.39 is 0 Å². The summed E-state index contributed by atoms with van der Waals surface area (Å²) in [5, 5.41) is 5.07. The predicted molar refractivity (Wildman–Crippen MR) is 202 cm³/mol. The van der Waals surface area contributed by atoms with Crippen molar-refractivity contribution < 1.29 is 9.15 Å². The van der Waals surface area contributed by atoms with Crippen LogP contribution in [0.25, 0.3) is 43.6 Å². The minimum absolute atomic E-state index is 0.0186. The van der Waals surface area contributed by atoms with Crippen LogP contribution in [0.15, 0.2) is 137 Å². The maximum atomic E-state index is 6.91. The average Bonchev–Trinajstić information content (AvgIpc) is 3.71. The second-order valence-electron chi connectivity index (χ2n) is 13.7. The first-order valence-corrected chi connectivity index (χ1v) is 17.2. The molecule has 4 heteroatoms. The van der Waals surface area contributed by atoms with Crippen LogP contribution < -0.4 is 4.74 Å². The Morgan fingerprint density at radius 2 is 1.45 bits per heavy atom. The number of pyridine rings is 1. The molecule has 0 bridgehead atoms.